The molecule has 0 radical (unpaired) electrons. The Kier molecular flexibility index (Phi) is 4.45. The maximum Gasteiger partial charge on any atom is 0.230 e. The molecule has 2 aromatic rings. The third-order valence-electron chi connectivity index (χ3n) is 3.07. The lowest BCUT2D eigenvalue weighted by molar-refractivity contribution is 0.122. The fraction of sp³-hybridized carbons (Fsp3) is 0.308. The van der Waals surface area contributed by atoms with Gasteiger partial charge in [-0.05, 0) is 29.8 Å². The van der Waals surface area contributed by atoms with E-state index in [2.05, 4.69) is 15.0 Å². The summed E-state index contributed by atoms with van der Waals surface area (Å²) >= 11 is 18.0. The maximum absolute atomic E-state index is 6.03. The lowest BCUT2D eigenvalue weighted by Gasteiger charge is -2.26. The van der Waals surface area contributed by atoms with Crippen molar-refractivity contribution < 1.29 is 4.74 Å². The standard InChI is InChI=1S/C13H11Cl3N4O/c14-9-2-1-8(7-10(9)15)11-17-12(16)19-13(18-11)20-3-5-21-6-4-20/h1-2,7H,3-6H2. The van der Waals surface area contributed by atoms with Crippen molar-refractivity contribution in [2.24, 2.45) is 0 Å². The van der Waals surface area contributed by atoms with Crippen molar-refractivity contribution >= 4 is 40.8 Å². The molecule has 0 aliphatic carbocycles. The van der Waals surface area contributed by atoms with Gasteiger partial charge in [-0.2, -0.15) is 15.0 Å². The lowest BCUT2D eigenvalue weighted by Crippen LogP contribution is -2.37. The van der Waals surface area contributed by atoms with Crippen LogP contribution in [0, 0.1) is 0 Å². The van der Waals surface area contributed by atoms with Crippen molar-refractivity contribution in [3.8, 4) is 11.4 Å². The normalized spacial score (nSPS) is 15.3. The summed E-state index contributed by atoms with van der Waals surface area (Å²) < 4.78 is 5.32. The minimum Gasteiger partial charge on any atom is -0.378 e. The summed E-state index contributed by atoms with van der Waals surface area (Å²) in [5, 5.41) is 1.07. The third kappa shape index (κ3) is 3.37. The average Bonchev–Trinajstić information content (AvgIpc) is 2.50. The Balaban J connectivity index is 1.98. The second kappa shape index (κ2) is 6.32. The molecule has 5 nitrogen and oxygen atoms in total. The number of benzene rings is 1. The van der Waals surface area contributed by atoms with E-state index in [1.54, 1.807) is 18.2 Å². The van der Waals surface area contributed by atoms with Crippen molar-refractivity contribution in [2.75, 3.05) is 31.2 Å². The van der Waals surface area contributed by atoms with E-state index in [1.165, 1.54) is 0 Å². The largest absolute Gasteiger partial charge is 0.378 e. The molecule has 0 bridgehead atoms. The third-order valence-corrected chi connectivity index (χ3v) is 3.98. The minimum atomic E-state index is 0.146. The van der Waals surface area contributed by atoms with E-state index in [0.717, 1.165) is 18.7 Å². The van der Waals surface area contributed by atoms with Gasteiger partial charge in [0.15, 0.2) is 5.82 Å². The molecule has 0 spiro atoms. The van der Waals surface area contributed by atoms with Crippen LogP contribution in [-0.4, -0.2) is 41.3 Å². The molecule has 8 heteroatoms. The Bertz CT molecular complexity index is 662. The number of morpholine rings is 1. The Morgan fingerprint density at radius 3 is 2.43 bits per heavy atom. The molecule has 1 fully saturated rings. The van der Waals surface area contributed by atoms with Crippen LogP contribution in [0.2, 0.25) is 15.3 Å². The molecule has 21 heavy (non-hydrogen) atoms. The van der Waals surface area contributed by atoms with Crippen molar-refractivity contribution in [2.45, 2.75) is 0 Å². The molecule has 0 atom stereocenters. The summed E-state index contributed by atoms with van der Waals surface area (Å²) in [5.41, 5.74) is 0.739. The Morgan fingerprint density at radius 1 is 0.952 bits per heavy atom. The van der Waals surface area contributed by atoms with Gasteiger partial charge in [0.05, 0.1) is 23.3 Å². The van der Waals surface area contributed by atoms with Gasteiger partial charge in [0.2, 0.25) is 11.2 Å². The molecule has 1 aliphatic heterocycles. The van der Waals surface area contributed by atoms with Crippen LogP contribution in [0.5, 0.6) is 0 Å². The molecule has 0 saturated carbocycles. The highest BCUT2D eigenvalue weighted by Gasteiger charge is 2.17. The first kappa shape index (κ1) is 14.8. The Hall–Kier alpha value is -1.14. The minimum absolute atomic E-state index is 0.146. The molecule has 110 valence electrons. The molecule has 0 unspecified atom stereocenters. The predicted molar refractivity (Wildman–Crippen MR) is 83.3 cm³/mol. The highest BCUT2D eigenvalue weighted by molar-refractivity contribution is 6.42. The molecule has 1 aromatic heterocycles. The summed E-state index contributed by atoms with van der Waals surface area (Å²) in [6.07, 6.45) is 0. The van der Waals surface area contributed by atoms with E-state index in [1.807, 2.05) is 4.90 Å². The van der Waals surface area contributed by atoms with E-state index >= 15 is 0 Å². The van der Waals surface area contributed by atoms with Gasteiger partial charge in [-0.1, -0.05) is 23.2 Å². The first-order chi connectivity index (χ1) is 10.1. The van der Waals surface area contributed by atoms with Crippen LogP contribution < -0.4 is 4.90 Å². The first-order valence-electron chi connectivity index (χ1n) is 6.33. The molecule has 0 amide bonds. The second-order valence-electron chi connectivity index (χ2n) is 4.46. The van der Waals surface area contributed by atoms with Gasteiger partial charge < -0.3 is 9.64 Å². The van der Waals surface area contributed by atoms with E-state index in [-0.39, 0.29) is 5.28 Å². The zero-order valence-electron chi connectivity index (χ0n) is 10.9. The number of hydrogen-bond donors (Lipinski definition) is 0. The fourth-order valence-corrected chi connectivity index (χ4v) is 2.46. The molecule has 1 aromatic carbocycles. The van der Waals surface area contributed by atoms with Gasteiger partial charge in [0, 0.05) is 18.7 Å². The molecule has 0 N–H and O–H groups in total. The van der Waals surface area contributed by atoms with Crippen LogP contribution in [-0.2, 0) is 4.74 Å². The van der Waals surface area contributed by atoms with Crippen LogP contribution >= 0.6 is 34.8 Å². The molecule has 3 rings (SSSR count). The monoisotopic (exact) mass is 344 g/mol. The van der Waals surface area contributed by atoms with Crippen LogP contribution in [0.15, 0.2) is 18.2 Å². The number of nitrogens with zero attached hydrogens (tertiary/aromatic N) is 4. The Morgan fingerprint density at radius 2 is 1.71 bits per heavy atom. The first-order valence-corrected chi connectivity index (χ1v) is 7.46. The van der Waals surface area contributed by atoms with Crippen LogP contribution in [0.25, 0.3) is 11.4 Å². The van der Waals surface area contributed by atoms with Crippen molar-refractivity contribution in [3.63, 3.8) is 0 Å². The maximum atomic E-state index is 6.03. The predicted octanol–water partition coefficient (Wildman–Crippen LogP) is 3.34. The summed E-state index contributed by atoms with van der Waals surface area (Å²) in [5.74, 6) is 1.01. The molecule has 2 heterocycles. The number of rotatable bonds is 2. The number of ether oxygens (including phenoxy) is 1. The fourth-order valence-electron chi connectivity index (χ4n) is 2.01. The van der Waals surface area contributed by atoms with Crippen LogP contribution in [0.4, 0.5) is 5.95 Å². The second-order valence-corrected chi connectivity index (χ2v) is 5.61. The van der Waals surface area contributed by atoms with E-state index < -0.39 is 0 Å². The molecular weight excluding hydrogens is 335 g/mol. The molecular formula is C13H11Cl3N4O. The van der Waals surface area contributed by atoms with Gasteiger partial charge >= 0.3 is 0 Å². The summed E-state index contributed by atoms with van der Waals surface area (Å²) in [6, 6.07) is 5.20. The lowest BCUT2D eigenvalue weighted by atomic mass is 10.2. The van der Waals surface area contributed by atoms with Gasteiger partial charge in [0.25, 0.3) is 0 Å². The number of anilines is 1. The van der Waals surface area contributed by atoms with Gasteiger partial charge in [-0.3, -0.25) is 0 Å². The summed E-state index contributed by atoms with van der Waals surface area (Å²) in [6.45, 7) is 2.74. The van der Waals surface area contributed by atoms with E-state index in [9.17, 15) is 0 Å². The zero-order chi connectivity index (χ0) is 14.8. The topological polar surface area (TPSA) is 51.1 Å². The number of hydrogen-bond acceptors (Lipinski definition) is 5. The summed E-state index contributed by atoms with van der Waals surface area (Å²) in [7, 11) is 0. The van der Waals surface area contributed by atoms with Gasteiger partial charge in [0.1, 0.15) is 0 Å². The van der Waals surface area contributed by atoms with E-state index in [0.29, 0.717) is 35.0 Å². The number of aromatic nitrogens is 3. The van der Waals surface area contributed by atoms with Gasteiger partial charge in [-0.25, -0.2) is 0 Å². The van der Waals surface area contributed by atoms with Crippen LogP contribution in [0.1, 0.15) is 0 Å². The van der Waals surface area contributed by atoms with Crippen LogP contribution in [0.3, 0.4) is 0 Å². The van der Waals surface area contributed by atoms with Crippen molar-refractivity contribution in [3.05, 3.63) is 33.5 Å². The van der Waals surface area contributed by atoms with Crippen molar-refractivity contribution in [1.82, 2.24) is 15.0 Å². The van der Waals surface area contributed by atoms with Gasteiger partial charge in [-0.15, -0.1) is 0 Å². The van der Waals surface area contributed by atoms with E-state index in [4.69, 9.17) is 39.5 Å². The van der Waals surface area contributed by atoms with Crippen molar-refractivity contribution in [1.29, 1.82) is 0 Å². The molecule has 1 aliphatic rings. The quantitative estimate of drug-likeness (QED) is 0.835. The number of halogens is 3. The average molecular weight is 346 g/mol. The highest BCUT2D eigenvalue weighted by atomic mass is 35.5. The Labute approximate surface area is 136 Å². The molecule has 1 saturated heterocycles. The SMILES string of the molecule is Clc1nc(-c2ccc(Cl)c(Cl)c2)nc(N2CCOCC2)n1. The summed E-state index contributed by atoms with van der Waals surface area (Å²) in [4.78, 5) is 14.8. The smallest absolute Gasteiger partial charge is 0.230 e. The highest BCUT2D eigenvalue weighted by Crippen LogP contribution is 2.28. The zero-order valence-corrected chi connectivity index (χ0v) is 13.2.